The highest BCUT2D eigenvalue weighted by Crippen LogP contribution is 2.27. The van der Waals surface area contributed by atoms with Crippen LogP contribution in [0.1, 0.15) is 18.2 Å². The molecule has 4 aromatic rings. The van der Waals surface area contributed by atoms with Gasteiger partial charge in [-0.05, 0) is 48.0 Å². The van der Waals surface area contributed by atoms with Crippen LogP contribution in [0.2, 0.25) is 0 Å². The molecular weight excluding hydrogens is 444 g/mol. The van der Waals surface area contributed by atoms with Gasteiger partial charge in [-0.1, -0.05) is 17.7 Å². The van der Waals surface area contributed by atoms with Crippen molar-refractivity contribution in [3.05, 3.63) is 68.8 Å². The van der Waals surface area contributed by atoms with Gasteiger partial charge in [0.2, 0.25) is 18.2 Å². The molecule has 0 unspecified atom stereocenters. The third-order valence-corrected chi connectivity index (χ3v) is 5.22. The first-order chi connectivity index (χ1) is 13.6. The molecule has 3 aromatic heterocycles. The average Bonchev–Trinajstić information content (AvgIpc) is 3.01. The van der Waals surface area contributed by atoms with E-state index in [4.69, 9.17) is 8.37 Å². The fourth-order valence-electron chi connectivity index (χ4n) is 2.89. The second-order valence-corrected chi connectivity index (χ2v) is 7.65. The third-order valence-electron chi connectivity index (χ3n) is 4.19. The number of aromatic nitrogens is 4. The highest BCUT2D eigenvalue weighted by atomic mass is 79.9. The number of pyridine rings is 1. The average molecular weight is 461 g/mol. The van der Waals surface area contributed by atoms with Crippen molar-refractivity contribution in [1.29, 1.82) is 0 Å². The molecule has 0 saturated heterocycles. The maximum atomic E-state index is 12.9. The Morgan fingerprint density at radius 2 is 2.11 bits per heavy atom. The van der Waals surface area contributed by atoms with E-state index in [2.05, 4.69) is 26.0 Å². The molecule has 0 spiro atoms. The van der Waals surface area contributed by atoms with Gasteiger partial charge in [0.1, 0.15) is 11.3 Å². The summed E-state index contributed by atoms with van der Waals surface area (Å²) in [5.74, 6) is 0.493. The van der Waals surface area contributed by atoms with Gasteiger partial charge in [-0.25, -0.2) is 9.67 Å². The fourth-order valence-corrected chi connectivity index (χ4v) is 3.61. The van der Waals surface area contributed by atoms with Crippen LogP contribution in [0.4, 0.5) is 0 Å². The van der Waals surface area contributed by atoms with Crippen molar-refractivity contribution < 1.29 is 8.37 Å². The molecule has 0 bridgehead atoms. The van der Waals surface area contributed by atoms with E-state index in [9.17, 15) is 4.79 Å². The van der Waals surface area contributed by atoms with Gasteiger partial charge in [-0.3, -0.25) is 13.4 Å². The van der Waals surface area contributed by atoms with Crippen molar-refractivity contribution in [2.45, 2.75) is 20.4 Å². The van der Waals surface area contributed by atoms with Gasteiger partial charge in [0.05, 0.1) is 24.7 Å². The monoisotopic (exact) mass is 460 g/mol. The second kappa shape index (κ2) is 7.94. The minimum atomic E-state index is -0.164. The van der Waals surface area contributed by atoms with Gasteiger partial charge < -0.3 is 4.18 Å². The summed E-state index contributed by atoms with van der Waals surface area (Å²) in [5.41, 5.74) is 2.15. The summed E-state index contributed by atoms with van der Waals surface area (Å²) in [6, 6.07) is 9.50. The van der Waals surface area contributed by atoms with E-state index < -0.39 is 0 Å². The Morgan fingerprint density at radius 3 is 2.93 bits per heavy atom. The number of nitrogens with zero attached hydrogens (tertiary/aromatic N) is 4. The zero-order valence-electron chi connectivity index (χ0n) is 15.3. The van der Waals surface area contributed by atoms with Gasteiger partial charge in [0.25, 0.3) is 5.56 Å². The summed E-state index contributed by atoms with van der Waals surface area (Å²) < 4.78 is 15.1. The lowest BCUT2D eigenvalue weighted by Gasteiger charge is -2.07. The van der Waals surface area contributed by atoms with Crippen LogP contribution in [0, 0.1) is 6.92 Å². The lowest BCUT2D eigenvalue weighted by molar-refractivity contribution is 0.365. The van der Waals surface area contributed by atoms with Crippen molar-refractivity contribution in [3.63, 3.8) is 0 Å². The van der Waals surface area contributed by atoms with E-state index in [0.29, 0.717) is 29.2 Å². The molecular formula is C19H17BrN4O3S. The summed E-state index contributed by atoms with van der Waals surface area (Å²) in [6.07, 6.45) is 3.55. The van der Waals surface area contributed by atoms with Crippen LogP contribution in [0.25, 0.3) is 16.4 Å². The molecule has 0 aliphatic rings. The van der Waals surface area contributed by atoms with Crippen LogP contribution in [-0.4, -0.2) is 25.8 Å². The summed E-state index contributed by atoms with van der Waals surface area (Å²) in [4.78, 5) is 17.5. The first-order valence-electron chi connectivity index (χ1n) is 8.66. The summed E-state index contributed by atoms with van der Waals surface area (Å²) in [6.45, 7) is 4.53. The van der Waals surface area contributed by atoms with E-state index in [1.807, 2.05) is 54.8 Å². The number of hydrogen-bond acceptors (Lipinski definition) is 6. The van der Waals surface area contributed by atoms with E-state index in [1.54, 1.807) is 6.20 Å². The number of imidazole rings is 1. The first kappa shape index (κ1) is 19.0. The van der Waals surface area contributed by atoms with Crippen LogP contribution in [0.5, 0.6) is 5.88 Å². The van der Waals surface area contributed by atoms with E-state index in [-0.39, 0.29) is 12.1 Å². The number of rotatable bonds is 6. The molecule has 0 aliphatic heterocycles. The maximum Gasteiger partial charge on any atom is 0.275 e. The summed E-state index contributed by atoms with van der Waals surface area (Å²) >= 11 is 4.34. The molecule has 144 valence electrons. The third kappa shape index (κ3) is 3.65. The predicted octanol–water partition coefficient (Wildman–Crippen LogP) is 4.14. The Bertz CT molecular complexity index is 1220. The van der Waals surface area contributed by atoms with Crippen LogP contribution >= 0.6 is 28.3 Å². The van der Waals surface area contributed by atoms with Gasteiger partial charge in [0, 0.05) is 16.1 Å². The zero-order valence-corrected chi connectivity index (χ0v) is 17.7. The van der Waals surface area contributed by atoms with Gasteiger partial charge in [-0.2, -0.15) is 5.10 Å². The quantitative estimate of drug-likeness (QED) is 0.318. The molecule has 28 heavy (non-hydrogen) atoms. The Balaban J connectivity index is 1.79. The number of fused-ring (bicyclic) bond motifs is 2. The lowest BCUT2D eigenvalue weighted by Crippen LogP contribution is -2.23. The largest absolute Gasteiger partial charge is 0.379 e. The van der Waals surface area contributed by atoms with Crippen molar-refractivity contribution >= 4 is 44.7 Å². The molecule has 0 atom stereocenters. The molecule has 9 heteroatoms. The molecule has 0 radical (unpaired) electrons. The minimum absolute atomic E-state index is 0.164. The smallest absolute Gasteiger partial charge is 0.275 e. The molecule has 0 aliphatic carbocycles. The Morgan fingerprint density at radius 1 is 1.25 bits per heavy atom. The number of halogens is 1. The summed E-state index contributed by atoms with van der Waals surface area (Å²) in [7, 11) is 0. The first-order valence-corrected chi connectivity index (χ1v) is 10.1. The highest BCUT2D eigenvalue weighted by molar-refractivity contribution is 9.10. The molecule has 7 nitrogen and oxygen atoms in total. The topological polar surface area (TPSA) is 70.7 Å². The Labute approximate surface area is 173 Å². The molecule has 4 rings (SSSR count). The van der Waals surface area contributed by atoms with Crippen LogP contribution in [0.15, 0.2) is 52.0 Å². The second-order valence-electron chi connectivity index (χ2n) is 6.20. The normalized spacial score (nSPS) is 11.4. The molecule has 1 aromatic carbocycles. The van der Waals surface area contributed by atoms with E-state index in [1.165, 1.54) is 4.68 Å². The van der Waals surface area contributed by atoms with E-state index >= 15 is 0 Å². The predicted molar refractivity (Wildman–Crippen MR) is 113 cm³/mol. The Hall–Kier alpha value is -2.36. The van der Waals surface area contributed by atoms with Gasteiger partial charge in [-0.15, -0.1) is 0 Å². The van der Waals surface area contributed by atoms with Crippen molar-refractivity contribution in [3.8, 4) is 5.88 Å². The van der Waals surface area contributed by atoms with Gasteiger partial charge >= 0.3 is 0 Å². The van der Waals surface area contributed by atoms with Gasteiger partial charge in [0.15, 0.2) is 0 Å². The molecule has 3 heterocycles. The Kier molecular flexibility index (Phi) is 5.38. The van der Waals surface area contributed by atoms with Crippen LogP contribution < -0.4 is 9.74 Å². The minimum Gasteiger partial charge on any atom is -0.379 e. The highest BCUT2D eigenvalue weighted by Gasteiger charge is 2.17. The number of aryl methyl sites for hydroxylation is 1. The van der Waals surface area contributed by atoms with Crippen LogP contribution in [0.3, 0.4) is 0 Å². The van der Waals surface area contributed by atoms with Crippen LogP contribution in [-0.2, 0) is 10.7 Å². The maximum absolute atomic E-state index is 12.9. The van der Waals surface area contributed by atoms with Crippen molar-refractivity contribution in [1.82, 2.24) is 19.2 Å². The molecule has 0 amide bonds. The standard InChI is InChI=1S/C19H17BrN4O3S/c1-3-26-28-27-19-16(22-17-7-6-14(20)10-23(17)19)11-24-18(25)15-8-12(2)4-5-13(15)9-21-24/h4-10H,3,11H2,1-2H3. The summed E-state index contributed by atoms with van der Waals surface area (Å²) in [5, 5.41) is 5.75. The zero-order chi connectivity index (χ0) is 19.7. The number of hydrogen-bond donors (Lipinski definition) is 0. The van der Waals surface area contributed by atoms with Crippen molar-refractivity contribution in [2.24, 2.45) is 0 Å². The fraction of sp³-hybridized carbons (Fsp3) is 0.211. The number of benzene rings is 1. The molecule has 0 fully saturated rings. The SMILES string of the molecule is CCOSOc1c(Cn2ncc3ccc(C)cc3c2=O)nc2ccc(Br)cn12. The van der Waals surface area contributed by atoms with E-state index in [0.717, 1.165) is 27.7 Å². The lowest BCUT2D eigenvalue weighted by atomic mass is 10.1. The molecule has 0 saturated carbocycles. The molecule has 0 N–H and O–H groups in total. The van der Waals surface area contributed by atoms with Crippen molar-refractivity contribution in [2.75, 3.05) is 6.61 Å².